The number of esters is 1. The largest absolute Gasteiger partial charge is 0.508 e. The molecule has 178 valence electrons. The number of phenols is 1. The maximum absolute atomic E-state index is 13.0. The summed E-state index contributed by atoms with van der Waals surface area (Å²) in [7, 11) is 0. The zero-order chi connectivity index (χ0) is 25.0. The van der Waals surface area contributed by atoms with E-state index in [1.165, 1.54) is 24.7 Å². The molecule has 0 bridgehead atoms. The molecule has 3 heterocycles. The lowest BCUT2D eigenvalue weighted by atomic mass is 10.1. The molecule has 0 saturated carbocycles. The predicted molar refractivity (Wildman–Crippen MR) is 131 cm³/mol. The van der Waals surface area contributed by atoms with E-state index < -0.39 is 11.6 Å². The summed E-state index contributed by atoms with van der Waals surface area (Å²) < 4.78 is 10.9. The average Bonchev–Trinajstić information content (AvgIpc) is 3.31. The lowest BCUT2D eigenvalue weighted by Gasteiger charge is -2.21. The number of hydrogen-bond acceptors (Lipinski definition) is 9. The van der Waals surface area contributed by atoms with Crippen molar-refractivity contribution in [3.8, 4) is 28.3 Å². The average molecular weight is 492 g/mol. The number of carbonyl (C=O) groups is 1. The molecular formula is C25H22ClN5O4. The molecule has 0 saturated heterocycles. The highest BCUT2D eigenvalue weighted by Crippen LogP contribution is 2.30. The van der Waals surface area contributed by atoms with Crippen LogP contribution in [0.3, 0.4) is 0 Å². The van der Waals surface area contributed by atoms with Crippen LogP contribution in [0.2, 0.25) is 5.15 Å². The van der Waals surface area contributed by atoms with Gasteiger partial charge in [-0.25, -0.2) is 14.8 Å². The highest BCUT2D eigenvalue weighted by atomic mass is 35.5. The smallest absolute Gasteiger partial charge is 0.355 e. The lowest BCUT2D eigenvalue weighted by Crippen LogP contribution is -2.27. The Morgan fingerprint density at radius 2 is 1.97 bits per heavy atom. The number of rotatable bonds is 6. The number of nitrogens with zero attached hydrogens (tertiary/aromatic N) is 4. The molecule has 0 aliphatic carbocycles. The highest BCUT2D eigenvalue weighted by Gasteiger charge is 2.23. The van der Waals surface area contributed by atoms with Crippen LogP contribution in [0, 0.1) is 0 Å². The minimum atomic E-state index is -0.725. The molecule has 10 heteroatoms. The molecule has 0 fully saturated rings. The molecule has 0 amide bonds. The number of carbonyl (C=O) groups excluding carboxylic acids is 1. The summed E-state index contributed by atoms with van der Waals surface area (Å²) >= 11 is 6.08. The third-order valence-electron chi connectivity index (χ3n) is 4.51. The maximum Gasteiger partial charge on any atom is 0.355 e. The van der Waals surface area contributed by atoms with Crippen molar-refractivity contribution in [1.29, 1.82) is 0 Å². The zero-order valence-corrected chi connectivity index (χ0v) is 19.9. The number of nitrogens with one attached hydrogen (secondary N) is 1. The van der Waals surface area contributed by atoms with Crippen molar-refractivity contribution in [2.45, 2.75) is 26.4 Å². The van der Waals surface area contributed by atoms with Gasteiger partial charge >= 0.3 is 5.97 Å². The van der Waals surface area contributed by atoms with Crippen LogP contribution in [0.4, 0.5) is 5.82 Å². The van der Waals surface area contributed by atoms with Crippen molar-refractivity contribution in [2.24, 2.45) is 0 Å². The Morgan fingerprint density at radius 1 is 1.14 bits per heavy atom. The molecule has 0 spiro atoms. The molecule has 0 aliphatic rings. The van der Waals surface area contributed by atoms with Crippen molar-refractivity contribution in [3.63, 3.8) is 0 Å². The van der Waals surface area contributed by atoms with Crippen LogP contribution in [-0.2, 0) is 9.53 Å². The van der Waals surface area contributed by atoms with E-state index in [2.05, 4.69) is 20.5 Å². The fraction of sp³-hybridized carbons (Fsp3) is 0.160. The molecule has 1 aromatic carbocycles. The molecule has 0 unspecified atom stereocenters. The van der Waals surface area contributed by atoms with Gasteiger partial charge in [0.15, 0.2) is 11.0 Å². The van der Waals surface area contributed by atoms with Crippen molar-refractivity contribution >= 4 is 29.5 Å². The summed E-state index contributed by atoms with van der Waals surface area (Å²) in [5, 5.41) is 20.8. The van der Waals surface area contributed by atoms with Gasteiger partial charge in [0.05, 0.1) is 24.4 Å². The first-order valence-electron chi connectivity index (χ1n) is 10.6. The predicted octanol–water partition coefficient (Wildman–Crippen LogP) is 5.35. The minimum Gasteiger partial charge on any atom is -0.508 e. The van der Waals surface area contributed by atoms with Gasteiger partial charge in [-0.3, -0.25) is 0 Å². The Hall–Kier alpha value is -4.24. The Balaban J connectivity index is 1.81. The fourth-order valence-electron chi connectivity index (χ4n) is 3.08. The lowest BCUT2D eigenvalue weighted by molar-refractivity contribution is -0.149. The summed E-state index contributed by atoms with van der Waals surface area (Å²) in [6.45, 7) is 5.32. The monoisotopic (exact) mass is 491 g/mol. The number of halogens is 1. The van der Waals surface area contributed by atoms with Gasteiger partial charge in [0.2, 0.25) is 0 Å². The molecule has 3 aromatic heterocycles. The second-order valence-electron chi connectivity index (χ2n) is 8.47. The van der Waals surface area contributed by atoms with Gasteiger partial charge < -0.3 is 19.6 Å². The molecule has 9 nitrogen and oxygen atoms in total. The van der Waals surface area contributed by atoms with Gasteiger partial charge in [0.25, 0.3) is 0 Å². The second-order valence-corrected chi connectivity index (χ2v) is 8.86. The van der Waals surface area contributed by atoms with Crippen LogP contribution in [-0.4, -0.2) is 36.8 Å². The number of anilines is 1. The third-order valence-corrected chi connectivity index (χ3v) is 4.70. The van der Waals surface area contributed by atoms with Crippen molar-refractivity contribution < 1.29 is 19.1 Å². The van der Waals surface area contributed by atoms with E-state index >= 15 is 0 Å². The van der Waals surface area contributed by atoms with E-state index in [9.17, 15) is 9.90 Å². The summed E-state index contributed by atoms with van der Waals surface area (Å²) in [5.74, 6) is 0.180. The third kappa shape index (κ3) is 6.21. The number of aromatic hydroxyl groups is 1. The number of furan rings is 1. The SMILES string of the molecule is CC(C)(C)OC(=O)/C(=C/c1ccco1)Nc1ncc(-c2cccc(O)c2)nc1-c1cnnc(Cl)c1. The molecule has 0 atom stereocenters. The van der Waals surface area contributed by atoms with E-state index in [1.54, 1.807) is 63.2 Å². The molecule has 35 heavy (non-hydrogen) atoms. The van der Waals surface area contributed by atoms with E-state index in [0.29, 0.717) is 28.3 Å². The van der Waals surface area contributed by atoms with Gasteiger partial charge in [-0.2, -0.15) is 5.10 Å². The Labute approximate surface area is 206 Å². The van der Waals surface area contributed by atoms with E-state index in [0.717, 1.165) is 0 Å². The number of phenolic OH excluding ortho intramolecular Hbond substituents is 1. The van der Waals surface area contributed by atoms with Gasteiger partial charge in [0, 0.05) is 17.2 Å². The quantitative estimate of drug-likeness (QED) is 0.271. The van der Waals surface area contributed by atoms with Crippen molar-refractivity contribution in [3.05, 3.63) is 77.7 Å². The van der Waals surface area contributed by atoms with Gasteiger partial charge in [-0.15, -0.1) is 5.10 Å². The van der Waals surface area contributed by atoms with E-state index in [1.807, 2.05) is 0 Å². The highest BCUT2D eigenvalue weighted by molar-refractivity contribution is 6.29. The van der Waals surface area contributed by atoms with Crippen LogP contribution in [0.25, 0.3) is 28.6 Å². The Kier molecular flexibility index (Phi) is 6.79. The zero-order valence-electron chi connectivity index (χ0n) is 19.2. The van der Waals surface area contributed by atoms with Gasteiger partial charge in [-0.1, -0.05) is 23.7 Å². The summed E-state index contributed by atoms with van der Waals surface area (Å²) in [6, 6.07) is 11.6. The Bertz CT molecular complexity index is 1380. The molecular weight excluding hydrogens is 470 g/mol. The first-order valence-corrected chi connectivity index (χ1v) is 11.0. The molecule has 0 radical (unpaired) electrons. The summed E-state index contributed by atoms with van der Waals surface area (Å²) in [5.41, 5.74) is 1.38. The van der Waals surface area contributed by atoms with Crippen molar-refractivity contribution in [1.82, 2.24) is 20.2 Å². The first-order chi connectivity index (χ1) is 16.7. The van der Waals surface area contributed by atoms with Crippen LogP contribution < -0.4 is 5.32 Å². The van der Waals surface area contributed by atoms with Crippen LogP contribution >= 0.6 is 11.6 Å². The van der Waals surface area contributed by atoms with Crippen LogP contribution in [0.15, 0.2) is 71.2 Å². The maximum atomic E-state index is 13.0. The molecule has 0 aliphatic heterocycles. The summed E-state index contributed by atoms with van der Waals surface area (Å²) in [6.07, 6.45) is 6.02. The fourth-order valence-corrected chi connectivity index (χ4v) is 3.24. The topological polar surface area (TPSA) is 123 Å². The first kappa shape index (κ1) is 23.9. The van der Waals surface area contributed by atoms with Crippen LogP contribution in [0.5, 0.6) is 5.75 Å². The van der Waals surface area contributed by atoms with Gasteiger partial charge in [0.1, 0.15) is 28.5 Å². The number of ether oxygens (including phenoxy) is 1. The number of hydrogen-bond donors (Lipinski definition) is 2. The van der Waals surface area contributed by atoms with Crippen LogP contribution in [0.1, 0.15) is 26.5 Å². The number of aromatic nitrogens is 4. The standard InChI is InChI=1S/C25H22ClN5O4/c1-25(2,3)35-24(33)19(12-18-8-5-9-34-18)30-23-22(16-11-21(26)31-28-13-16)29-20(14-27-23)15-6-4-7-17(32)10-15/h4-14,32H,1-3H3,(H,27,30)/b19-12-. The van der Waals surface area contributed by atoms with Crippen molar-refractivity contribution in [2.75, 3.05) is 5.32 Å². The van der Waals surface area contributed by atoms with Gasteiger partial charge in [-0.05, 0) is 51.1 Å². The number of benzene rings is 1. The van der Waals surface area contributed by atoms with E-state index in [4.69, 9.17) is 25.7 Å². The summed E-state index contributed by atoms with van der Waals surface area (Å²) in [4.78, 5) is 22.2. The normalized spacial score (nSPS) is 11.8. The minimum absolute atomic E-state index is 0.0867. The van der Waals surface area contributed by atoms with E-state index in [-0.39, 0.29) is 22.4 Å². The Morgan fingerprint density at radius 3 is 2.66 bits per heavy atom. The molecule has 4 rings (SSSR count). The molecule has 4 aromatic rings. The second kappa shape index (κ2) is 9.94. The molecule has 2 N–H and O–H groups in total.